The van der Waals surface area contributed by atoms with Crippen LogP contribution in [0.5, 0.6) is 0 Å². The highest BCUT2D eigenvalue weighted by molar-refractivity contribution is 7.99. The molecular formula is C15H22N2OS. The van der Waals surface area contributed by atoms with Gasteiger partial charge in [-0.2, -0.15) is 11.8 Å². The minimum absolute atomic E-state index is 0.156. The predicted molar refractivity (Wildman–Crippen MR) is 83.2 cm³/mol. The van der Waals surface area contributed by atoms with E-state index in [1.165, 1.54) is 5.56 Å². The molecule has 0 spiro atoms. The van der Waals surface area contributed by atoms with E-state index in [-0.39, 0.29) is 5.91 Å². The molecule has 1 unspecified atom stereocenters. The lowest BCUT2D eigenvalue weighted by atomic mass is 10.1. The molecule has 1 N–H and O–H groups in total. The Hall–Kier alpha value is -1.16. The molecule has 1 aliphatic heterocycles. The zero-order chi connectivity index (χ0) is 13.8. The lowest BCUT2D eigenvalue weighted by molar-refractivity contribution is 0.0764. The van der Waals surface area contributed by atoms with Gasteiger partial charge in [0.1, 0.15) is 0 Å². The van der Waals surface area contributed by atoms with Crippen molar-refractivity contribution >= 4 is 23.4 Å². The Morgan fingerprint density at radius 2 is 2.32 bits per heavy atom. The van der Waals surface area contributed by atoms with Crippen molar-refractivity contribution in [1.29, 1.82) is 0 Å². The van der Waals surface area contributed by atoms with Gasteiger partial charge in [0, 0.05) is 36.3 Å². The standard InChI is InChI=1S/C15H22N2OS/c1-4-16-14-9-11(2)5-6-13(14)15(18)17-7-8-19-12(3)10-17/h5-6,9,12,16H,4,7-8,10H2,1-3H3. The number of anilines is 1. The minimum Gasteiger partial charge on any atom is -0.385 e. The summed E-state index contributed by atoms with van der Waals surface area (Å²) in [5.74, 6) is 1.19. The van der Waals surface area contributed by atoms with Crippen LogP contribution in [-0.4, -0.2) is 41.4 Å². The van der Waals surface area contributed by atoms with Gasteiger partial charge in [-0.3, -0.25) is 4.79 Å². The second-order valence-corrected chi connectivity index (χ2v) is 6.56. The van der Waals surface area contributed by atoms with Crippen LogP contribution in [0.1, 0.15) is 29.8 Å². The molecule has 1 amide bonds. The Morgan fingerprint density at radius 1 is 1.53 bits per heavy atom. The highest BCUT2D eigenvalue weighted by atomic mass is 32.2. The summed E-state index contributed by atoms with van der Waals surface area (Å²) in [7, 11) is 0. The van der Waals surface area contributed by atoms with Gasteiger partial charge in [-0.15, -0.1) is 0 Å². The minimum atomic E-state index is 0.156. The van der Waals surface area contributed by atoms with Crippen LogP contribution in [0, 0.1) is 6.92 Å². The highest BCUT2D eigenvalue weighted by Gasteiger charge is 2.23. The molecule has 2 rings (SSSR count). The van der Waals surface area contributed by atoms with Gasteiger partial charge in [0.2, 0.25) is 0 Å². The number of carbonyl (C=O) groups is 1. The Kier molecular flexibility index (Phi) is 4.75. The molecule has 1 saturated heterocycles. The first-order valence-corrected chi connectivity index (χ1v) is 7.92. The van der Waals surface area contributed by atoms with Gasteiger partial charge in [-0.05, 0) is 31.5 Å². The van der Waals surface area contributed by atoms with E-state index in [4.69, 9.17) is 0 Å². The molecule has 19 heavy (non-hydrogen) atoms. The Balaban J connectivity index is 2.22. The quantitative estimate of drug-likeness (QED) is 0.922. The van der Waals surface area contributed by atoms with Gasteiger partial charge in [-0.25, -0.2) is 0 Å². The van der Waals surface area contributed by atoms with Crippen molar-refractivity contribution in [2.45, 2.75) is 26.0 Å². The maximum Gasteiger partial charge on any atom is 0.256 e. The van der Waals surface area contributed by atoms with Crippen LogP contribution in [0.3, 0.4) is 0 Å². The van der Waals surface area contributed by atoms with Gasteiger partial charge in [0.25, 0.3) is 5.91 Å². The molecule has 1 heterocycles. The number of nitrogens with one attached hydrogen (secondary N) is 1. The topological polar surface area (TPSA) is 32.3 Å². The third-order valence-electron chi connectivity index (χ3n) is 3.30. The van der Waals surface area contributed by atoms with E-state index in [1.54, 1.807) is 0 Å². The van der Waals surface area contributed by atoms with Gasteiger partial charge in [0.05, 0.1) is 5.56 Å². The van der Waals surface area contributed by atoms with Crippen LogP contribution in [0.25, 0.3) is 0 Å². The number of nitrogens with zero attached hydrogens (tertiary/aromatic N) is 1. The first kappa shape index (κ1) is 14.3. The SMILES string of the molecule is CCNc1cc(C)ccc1C(=O)N1CCSC(C)C1. The number of thioether (sulfide) groups is 1. The number of hydrogen-bond acceptors (Lipinski definition) is 3. The molecule has 0 bridgehead atoms. The zero-order valence-electron chi connectivity index (χ0n) is 11.9. The molecule has 1 aromatic rings. The summed E-state index contributed by atoms with van der Waals surface area (Å²) < 4.78 is 0. The Bertz CT molecular complexity index is 461. The zero-order valence-corrected chi connectivity index (χ0v) is 12.7. The number of carbonyl (C=O) groups excluding carboxylic acids is 1. The van der Waals surface area contributed by atoms with E-state index < -0.39 is 0 Å². The monoisotopic (exact) mass is 278 g/mol. The number of amides is 1. The summed E-state index contributed by atoms with van der Waals surface area (Å²) in [6.07, 6.45) is 0. The second-order valence-electron chi connectivity index (χ2n) is 5.01. The van der Waals surface area contributed by atoms with E-state index in [9.17, 15) is 4.79 Å². The summed E-state index contributed by atoms with van der Waals surface area (Å²) in [5, 5.41) is 3.83. The molecular weight excluding hydrogens is 256 g/mol. The van der Waals surface area contributed by atoms with Gasteiger partial charge >= 0.3 is 0 Å². The van der Waals surface area contributed by atoms with Crippen LogP contribution in [0.4, 0.5) is 5.69 Å². The van der Waals surface area contributed by atoms with E-state index in [2.05, 4.69) is 32.2 Å². The summed E-state index contributed by atoms with van der Waals surface area (Å²) in [5.41, 5.74) is 2.93. The maximum atomic E-state index is 12.6. The summed E-state index contributed by atoms with van der Waals surface area (Å²) in [6, 6.07) is 6.01. The fourth-order valence-corrected chi connectivity index (χ4v) is 3.37. The van der Waals surface area contributed by atoms with Crippen molar-refractivity contribution in [2.75, 3.05) is 30.7 Å². The van der Waals surface area contributed by atoms with Crippen molar-refractivity contribution in [2.24, 2.45) is 0 Å². The van der Waals surface area contributed by atoms with Gasteiger partial charge < -0.3 is 10.2 Å². The molecule has 1 aliphatic rings. The average Bonchev–Trinajstić information content (AvgIpc) is 2.39. The van der Waals surface area contributed by atoms with Crippen molar-refractivity contribution in [3.63, 3.8) is 0 Å². The highest BCUT2D eigenvalue weighted by Crippen LogP contribution is 2.23. The molecule has 1 aromatic carbocycles. The third kappa shape index (κ3) is 3.44. The smallest absolute Gasteiger partial charge is 0.256 e. The predicted octanol–water partition coefficient (Wildman–Crippen LogP) is 3.00. The summed E-state index contributed by atoms with van der Waals surface area (Å²) in [4.78, 5) is 14.6. The third-order valence-corrected chi connectivity index (χ3v) is 4.44. The molecule has 0 aromatic heterocycles. The first-order chi connectivity index (χ1) is 9.11. The number of rotatable bonds is 3. The van der Waals surface area contributed by atoms with Gasteiger partial charge in [-0.1, -0.05) is 13.0 Å². The molecule has 0 aliphatic carbocycles. The number of aryl methyl sites for hydroxylation is 1. The number of benzene rings is 1. The maximum absolute atomic E-state index is 12.6. The van der Waals surface area contributed by atoms with Crippen LogP contribution < -0.4 is 5.32 Å². The fraction of sp³-hybridized carbons (Fsp3) is 0.533. The van der Waals surface area contributed by atoms with Crippen molar-refractivity contribution in [1.82, 2.24) is 4.90 Å². The van der Waals surface area contributed by atoms with Crippen LogP contribution in [0.2, 0.25) is 0 Å². The largest absolute Gasteiger partial charge is 0.385 e. The molecule has 3 nitrogen and oxygen atoms in total. The summed E-state index contributed by atoms with van der Waals surface area (Å²) >= 11 is 1.94. The normalized spacial score (nSPS) is 19.3. The Labute approximate surface area is 119 Å². The van der Waals surface area contributed by atoms with E-state index in [1.807, 2.05) is 28.8 Å². The molecule has 1 atom stereocenters. The van der Waals surface area contributed by atoms with Crippen molar-refractivity contribution < 1.29 is 4.79 Å². The second kappa shape index (κ2) is 6.33. The molecule has 4 heteroatoms. The number of hydrogen-bond donors (Lipinski definition) is 1. The first-order valence-electron chi connectivity index (χ1n) is 6.87. The van der Waals surface area contributed by atoms with Gasteiger partial charge in [0.15, 0.2) is 0 Å². The molecule has 1 fully saturated rings. The van der Waals surface area contributed by atoms with Crippen LogP contribution in [0.15, 0.2) is 18.2 Å². The van der Waals surface area contributed by atoms with E-state index in [0.29, 0.717) is 5.25 Å². The van der Waals surface area contributed by atoms with Crippen LogP contribution in [-0.2, 0) is 0 Å². The molecule has 0 saturated carbocycles. The van der Waals surface area contributed by atoms with E-state index in [0.717, 1.165) is 36.6 Å². The fourth-order valence-electron chi connectivity index (χ4n) is 2.35. The molecule has 104 valence electrons. The molecule has 0 radical (unpaired) electrons. The van der Waals surface area contributed by atoms with Crippen molar-refractivity contribution in [3.05, 3.63) is 29.3 Å². The van der Waals surface area contributed by atoms with Crippen LogP contribution >= 0.6 is 11.8 Å². The van der Waals surface area contributed by atoms with Crippen molar-refractivity contribution in [3.8, 4) is 0 Å². The van der Waals surface area contributed by atoms with E-state index >= 15 is 0 Å². The lowest BCUT2D eigenvalue weighted by Crippen LogP contribution is -2.41. The summed E-state index contributed by atoms with van der Waals surface area (Å²) in [6.45, 7) is 8.82. The Morgan fingerprint density at radius 3 is 3.00 bits per heavy atom. The average molecular weight is 278 g/mol. The lowest BCUT2D eigenvalue weighted by Gasteiger charge is -2.31.